The number of aliphatic hydroxyl groups is 1. The van der Waals surface area contributed by atoms with E-state index < -0.39 is 6.10 Å². The number of hydrogen-bond donors (Lipinski definition) is 3. The van der Waals surface area contributed by atoms with E-state index in [-0.39, 0.29) is 12.2 Å². The van der Waals surface area contributed by atoms with Crippen LogP contribution in [0, 0.1) is 13.8 Å². The number of nitrogens with one attached hydrogen (secondary N) is 2. The molecular formula is C22H26N2O4. The Labute approximate surface area is 164 Å². The van der Waals surface area contributed by atoms with Gasteiger partial charge in [-0.2, -0.15) is 0 Å². The zero-order chi connectivity index (χ0) is 20.1. The Balaban J connectivity index is 1.53. The number of aromatic amines is 1. The lowest BCUT2D eigenvalue weighted by atomic mass is 10.1. The lowest BCUT2D eigenvalue weighted by molar-refractivity contribution is 0.106. The number of methoxy groups -OCH3 is 1. The normalized spacial score (nSPS) is 12.1. The lowest BCUT2D eigenvalue weighted by Gasteiger charge is -2.14. The van der Waals surface area contributed by atoms with E-state index in [9.17, 15) is 9.90 Å². The van der Waals surface area contributed by atoms with Gasteiger partial charge < -0.3 is 24.9 Å². The Morgan fingerprint density at radius 1 is 1.11 bits per heavy atom. The predicted octanol–water partition coefficient (Wildman–Crippen LogP) is 2.68. The van der Waals surface area contributed by atoms with Crippen molar-refractivity contribution in [3.63, 3.8) is 0 Å². The maximum Gasteiger partial charge on any atom is 0.252 e. The van der Waals surface area contributed by atoms with E-state index in [1.54, 1.807) is 31.4 Å². The minimum absolute atomic E-state index is 0.115. The molecule has 0 radical (unpaired) electrons. The molecule has 1 aromatic heterocycles. The fraction of sp³-hybridized carbons (Fsp3) is 0.318. The molecule has 28 heavy (non-hydrogen) atoms. The molecule has 1 heterocycles. The van der Waals surface area contributed by atoms with E-state index in [4.69, 9.17) is 9.47 Å². The molecule has 6 nitrogen and oxygen atoms in total. The fourth-order valence-corrected chi connectivity index (χ4v) is 3.16. The van der Waals surface area contributed by atoms with Gasteiger partial charge in [0.05, 0.1) is 12.6 Å². The number of fused-ring (bicyclic) bond motifs is 1. The van der Waals surface area contributed by atoms with Crippen molar-refractivity contribution in [1.82, 2.24) is 10.3 Å². The summed E-state index contributed by atoms with van der Waals surface area (Å²) in [6.45, 7) is 4.88. The minimum Gasteiger partial charge on any atom is -0.497 e. The Bertz CT molecular complexity index is 996. The van der Waals surface area contributed by atoms with Gasteiger partial charge in [-0.1, -0.05) is 11.6 Å². The molecule has 0 aliphatic rings. The quantitative estimate of drug-likeness (QED) is 0.558. The first-order valence-electron chi connectivity index (χ1n) is 9.25. The molecule has 0 unspecified atom stereocenters. The molecule has 3 rings (SSSR count). The Morgan fingerprint density at radius 3 is 2.54 bits per heavy atom. The molecule has 6 heteroatoms. The largest absolute Gasteiger partial charge is 0.497 e. The van der Waals surface area contributed by atoms with Crippen LogP contribution >= 0.6 is 0 Å². The molecule has 3 N–H and O–H groups in total. The second kappa shape index (κ2) is 8.91. The van der Waals surface area contributed by atoms with Gasteiger partial charge in [-0.15, -0.1) is 0 Å². The van der Waals surface area contributed by atoms with Gasteiger partial charge in [0.15, 0.2) is 0 Å². The van der Waals surface area contributed by atoms with Gasteiger partial charge in [0.2, 0.25) is 0 Å². The summed E-state index contributed by atoms with van der Waals surface area (Å²) < 4.78 is 10.7. The average molecular weight is 382 g/mol. The van der Waals surface area contributed by atoms with E-state index >= 15 is 0 Å². The van der Waals surface area contributed by atoms with Crippen molar-refractivity contribution < 1.29 is 14.6 Å². The van der Waals surface area contributed by atoms with Crippen LogP contribution in [0.4, 0.5) is 0 Å². The molecule has 0 saturated heterocycles. The molecule has 3 aromatic rings. The maximum atomic E-state index is 12.3. The Kier molecular flexibility index (Phi) is 6.34. The van der Waals surface area contributed by atoms with Crippen LogP contribution in [0.5, 0.6) is 11.5 Å². The summed E-state index contributed by atoms with van der Waals surface area (Å²) in [6.07, 6.45) is -0.689. The standard InChI is InChI=1S/C22H26N2O4/c1-14-8-15(2)21-16(9-14)10-17(22(26)24-21)11-23-12-18(25)13-28-20-6-4-19(27-3)5-7-20/h4-10,18,23,25H,11-13H2,1-3H3,(H,24,26)/t18-/m1/s1. The van der Waals surface area contributed by atoms with Crippen molar-refractivity contribution in [3.05, 3.63) is 69.5 Å². The second-order valence-corrected chi connectivity index (χ2v) is 6.94. The summed E-state index contributed by atoms with van der Waals surface area (Å²) >= 11 is 0. The summed E-state index contributed by atoms with van der Waals surface area (Å²) in [5, 5.41) is 14.2. The maximum absolute atomic E-state index is 12.3. The molecule has 0 saturated carbocycles. The van der Waals surface area contributed by atoms with Gasteiger partial charge in [0.1, 0.15) is 24.2 Å². The highest BCUT2D eigenvalue weighted by Crippen LogP contribution is 2.18. The van der Waals surface area contributed by atoms with Crippen molar-refractivity contribution in [2.45, 2.75) is 26.5 Å². The van der Waals surface area contributed by atoms with Crippen molar-refractivity contribution in [1.29, 1.82) is 0 Å². The molecule has 148 valence electrons. The van der Waals surface area contributed by atoms with Gasteiger partial charge in [0, 0.05) is 18.7 Å². The molecule has 0 aliphatic heterocycles. The Morgan fingerprint density at radius 2 is 1.82 bits per heavy atom. The van der Waals surface area contributed by atoms with E-state index in [1.807, 2.05) is 19.9 Å². The number of aliphatic hydroxyl groups excluding tert-OH is 1. The molecule has 2 aromatic carbocycles. The van der Waals surface area contributed by atoms with Crippen LogP contribution in [-0.4, -0.2) is 36.5 Å². The van der Waals surface area contributed by atoms with Crippen molar-refractivity contribution >= 4 is 10.9 Å². The lowest BCUT2D eigenvalue weighted by Crippen LogP contribution is -2.32. The fourth-order valence-electron chi connectivity index (χ4n) is 3.16. The van der Waals surface area contributed by atoms with Gasteiger partial charge in [-0.3, -0.25) is 4.79 Å². The van der Waals surface area contributed by atoms with Crippen LogP contribution in [0.2, 0.25) is 0 Å². The molecule has 0 spiro atoms. The summed E-state index contributed by atoms with van der Waals surface area (Å²) in [5.74, 6) is 1.41. The van der Waals surface area contributed by atoms with Gasteiger partial charge in [0.25, 0.3) is 5.56 Å². The highest BCUT2D eigenvalue weighted by atomic mass is 16.5. The molecule has 0 amide bonds. The number of ether oxygens (including phenoxy) is 2. The molecule has 0 fully saturated rings. The number of H-pyrrole nitrogens is 1. The van der Waals surface area contributed by atoms with Gasteiger partial charge in [-0.25, -0.2) is 0 Å². The second-order valence-electron chi connectivity index (χ2n) is 6.94. The van der Waals surface area contributed by atoms with Gasteiger partial charge in [-0.05, 0) is 61.2 Å². The third-order valence-corrected chi connectivity index (χ3v) is 4.57. The third-order valence-electron chi connectivity index (χ3n) is 4.57. The van der Waals surface area contributed by atoms with Crippen LogP contribution < -0.4 is 20.3 Å². The van der Waals surface area contributed by atoms with E-state index in [0.29, 0.717) is 24.4 Å². The first-order chi connectivity index (χ1) is 13.5. The first-order valence-corrected chi connectivity index (χ1v) is 9.25. The van der Waals surface area contributed by atoms with Crippen LogP contribution in [0.3, 0.4) is 0 Å². The highest BCUT2D eigenvalue weighted by Gasteiger charge is 2.08. The Hall–Kier alpha value is -2.83. The molecule has 1 atom stereocenters. The molecule has 0 aliphatic carbocycles. The summed E-state index contributed by atoms with van der Waals surface area (Å²) in [4.78, 5) is 15.3. The first kappa shape index (κ1) is 19.9. The van der Waals surface area contributed by atoms with Crippen molar-refractivity contribution in [2.75, 3.05) is 20.3 Å². The van der Waals surface area contributed by atoms with E-state index in [0.717, 1.165) is 27.8 Å². The number of rotatable bonds is 8. The van der Waals surface area contributed by atoms with Crippen LogP contribution in [0.25, 0.3) is 10.9 Å². The topological polar surface area (TPSA) is 83.6 Å². The SMILES string of the molecule is COc1ccc(OC[C@H](O)CNCc2cc3cc(C)cc(C)c3[nH]c2=O)cc1. The van der Waals surface area contributed by atoms with Crippen LogP contribution in [-0.2, 0) is 6.54 Å². The molecule has 0 bridgehead atoms. The van der Waals surface area contributed by atoms with E-state index in [2.05, 4.69) is 22.4 Å². The van der Waals surface area contributed by atoms with Crippen LogP contribution in [0.1, 0.15) is 16.7 Å². The number of pyridine rings is 1. The van der Waals surface area contributed by atoms with E-state index in [1.165, 1.54) is 0 Å². The summed E-state index contributed by atoms with van der Waals surface area (Å²) in [7, 11) is 1.61. The summed E-state index contributed by atoms with van der Waals surface area (Å²) in [6, 6.07) is 13.2. The van der Waals surface area contributed by atoms with Crippen molar-refractivity contribution in [3.8, 4) is 11.5 Å². The summed E-state index contributed by atoms with van der Waals surface area (Å²) in [5.41, 5.74) is 3.60. The minimum atomic E-state index is -0.689. The smallest absolute Gasteiger partial charge is 0.252 e. The zero-order valence-electron chi connectivity index (χ0n) is 16.4. The van der Waals surface area contributed by atoms with Crippen LogP contribution in [0.15, 0.2) is 47.3 Å². The number of hydrogen-bond acceptors (Lipinski definition) is 5. The predicted molar refractivity (Wildman–Crippen MR) is 110 cm³/mol. The average Bonchev–Trinajstić information content (AvgIpc) is 2.68. The number of aromatic nitrogens is 1. The van der Waals surface area contributed by atoms with Crippen molar-refractivity contribution in [2.24, 2.45) is 0 Å². The van der Waals surface area contributed by atoms with Gasteiger partial charge >= 0.3 is 0 Å². The number of benzene rings is 2. The number of aryl methyl sites for hydroxylation is 2. The zero-order valence-corrected chi connectivity index (χ0v) is 16.4. The molecular weight excluding hydrogens is 356 g/mol. The highest BCUT2D eigenvalue weighted by molar-refractivity contribution is 5.82. The monoisotopic (exact) mass is 382 g/mol. The third kappa shape index (κ3) is 4.91.